The number of nitrogens with zero attached hydrogens (tertiary/aromatic N) is 1. The van der Waals surface area contributed by atoms with Crippen LogP contribution >= 0.6 is 15.9 Å². The number of ether oxygens (including phenoxy) is 1. The minimum atomic E-state index is -0.560. The molecule has 0 spiro atoms. The topological polar surface area (TPSA) is 46.2 Å². The van der Waals surface area contributed by atoms with E-state index >= 15 is 0 Å². The molecule has 0 saturated carbocycles. The van der Waals surface area contributed by atoms with Crippen LogP contribution in [-0.2, 0) is 6.61 Å². The maximum Gasteiger partial charge on any atom is 0.169 e. The van der Waals surface area contributed by atoms with Crippen molar-refractivity contribution in [3.05, 3.63) is 52.1 Å². The lowest BCUT2D eigenvalue weighted by atomic mass is 10.2. The second-order valence-electron chi connectivity index (χ2n) is 3.25. The largest absolute Gasteiger partial charge is 0.483 e. The maximum absolute atomic E-state index is 13.4. The molecule has 0 N–H and O–H groups in total. The van der Waals surface area contributed by atoms with Crippen molar-refractivity contribution in [1.82, 2.24) is 0 Å². The van der Waals surface area contributed by atoms with Crippen LogP contribution < -0.4 is 4.74 Å². The Hall–Kier alpha value is -1.80. The van der Waals surface area contributed by atoms with Crippen molar-refractivity contribution < 1.29 is 13.5 Å². The van der Waals surface area contributed by atoms with Gasteiger partial charge in [0.2, 0.25) is 0 Å². The van der Waals surface area contributed by atoms with E-state index in [4.69, 9.17) is 14.4 Å². The molecule has 3 nitrogen and oxygen atoms in total. The summed E-state index contributed by atoms with van der Waals surface area (Å²) in [5.41, 5.74) is 0.260. The number of hydrogen-bond donors (Lipinski definition) is 0. The minimum Gasteiger partial charge on any atom is -0.483 e. The third-order valence-corrected chi connectivity index (χ3v) is 2.49. The van der Waals surface area contributed by atoms with Gasteiger partial charge in [-0.2, -0.15) is 5.26 Å². The summed E-state index contributed by atoms with van der Waals surface area (Å²) in [6, 6.07) is 9.36. The van der Waals surface area contributed by atoms with Crippen molar-refractivity contribution in [2.75, 3.05) is 0 Å². The lowest BCUT2D eigenvalue weighted by molar-refractivity contribution is 0.256. The third-order valence-electron chi connectivity index (χ3n) is 2.06. The van der Waals surface area contributed by atoms with Gasteiger partial charge < -0.3 is 9.15 Å². The Bertz CT molecular complexity index is 574. The van der Waals surface area contributed by atoms with E-state index in [0.29, 0.717) is 10.4 Å². The van der Waals surface area contributed by atoms with E-state index in [-0.39, 0.29) is 17.9 Å². The Labute approximate surface area is 106 Å². The molecule has 86 valence electrons. The van der Waals surface area contributed by atoms with Crippen LogP contribution in [-0.4, -0.2) is 0 Å². The zero-order valence-electron chi connectivity index (χ0n) is 8.61. The highest BCUT2D eigenvalue weighted by Gasteiger charge is 2.06. The normalized spacial score (nSPS) is 9.94. The summed E-state index contributed by atoms with van der Waals surface area (Å²) >= 11 is 3.16. The van der Waals surface area contributed by atoms with E-state index in [1.807, 2.05) is 6.07 Å². The molecule has 0 bridgehead atoms. The van der Waals surface area contributed by atoms with Crippen LogP contribution in [0.3, 0.4) is 0 Å². The number of halogens is 2. The molecule has 0 aliphatic heterocycles. The first-order valence-corrected chi connectivity index (χ1v) is 5.55. The van der Waals surface area contributed by atoms with Gasteiger partial charge in [-0.05, 0) is 46.3 Å². The minimum absolute atomic E-state index is 0.0940. The van der Waals surface area contributed by atoms with Crippen molar-refractivity contribution in [3.63, 3.8) is 0 Å². The van der Waals surface area contributed by atoms with Gasteiger partial charge in [0.1, 0.15) is 12.4 Å². The highest BCUT2D eigenvalue weighted by molar-refractivity contribution is 9.10. The Morgan fingerprint density at radius 3 is 2.76 bits per heavy atom. The van der Waals surface area contributed by atoms with E-state index in [2.05, 4.69) is 15.9 Å². The fourth-order valence-corrected chi connectivity index (χ4v) is 1.61. The van der Waals surface area contributed by atoms with Crippen LogP contribution in [0.4, 0.5) is 4.39 Å². The van der Waals surface area contributed by atoms with E-state index in [9.17, 15) is 4.39 Å². The van der Waals surface area contributed by atoms with Crippen molar-refractivity contribution in [1.29, 1.82) is 5.26 Å². The Morgan fingerprint density at radius 1 is 1.35 bits per heavy atom. The summed E-state index contributed by atoms with van der Waals surface area (Å²) in [7, 11) is 0. The molecule has 0 atom stereocenters. The van der Waals surface area contributed by atoms with Crippen LogP contribution in [0.15, 0.2) is 39.4 Å². The molecule has 0 saturated heterocycles. The van der Waals surface area contributed by atoms with Gasteiger partial charge >= 0.3 is 0 Å². The third kappa shape index (κ3) is 2.86. The summed E-state index contributed by atoms with van der Waals surface area (Å²) < 4.78 is 24.5. The molecule has 1 aromatic heterocycles. The highest BCUT2D eigenvalue weighted by Crippen LogP contribution is 2.20. The van der Waals surface area contributed by atoms with Crippen LogP contribution in [0.5, 0.6) is 5.75 Å². The number of benzene rings is 1. The number of nitriles is 1. The molecule has 2 aromatic rings. The Morgan fingerprint density at radius 2 is 2.18 bits per heavy atom. The predicted octanol–water partition coefficient (Wildman–Crippen LogP) is 3.63. The average molecular weight is 296 g/mol. The molecule has 2 rings (SSSR count). The van der Waals surface area contributed by atoms with Crippen molar-refractivity contribution in [2.45, 2.75) is 6.61 Å². The quantitative estimate of drug-likeness (QED) is 0.868. The van der Waals surface area contributed by atoms with Crippen LogP contribution in [0.2, 0.25) is 0 Å². The molecule has 1 heterocycles. The van der Waals surface area contributed by atoms with Gasteiger partial charge in [-0.1, -0.05) is 0 Å². The monoisotopic (exact) mass is 295 g/mol. The van der Waals surface area contributed by atoms with E-state index < -0.39 is 5.82 Å². The molecule has 0 radical (unpaired) electrons. The van der Waals surface area contributed by atoms with Crippen molar-refractivity contribution in [2.24, 2.45) is 0 Å². The van der Waals surface area contributed by atoms with Crippen molar-refractivity contribution in [3.8, 4) is 11.8 Å². The van der Waals surface area contributed by atoms with Gasteiger partial charge in [0.05, 0.1) is 11.6 Å². The lowest BCUT2D eigenvalue weighted by Gasteiger charge is -2.05. The van der Waals surface area contributed by atoms with Gasteiger partial charge in [-0.15, -0.1) is 0 Å². The van der Waals surface area contributed by atoms with Gasteiger partial charge in [-0.3, -0.25) is 0 Å². The van der Waals surface area contributed by atoms with Gasteiger partial charge in [0, 0.05) is 0 Å². The van der Waals surface area contributed by atoms with E-state index in [0.717, 1.165) is 6.07 Å². The summed E-state index contributed by atoms with van der Waals surface area (Å²) in [4.78, 5) is 0. The molecule has 17 heavy (non-hydrogen) atoms. The average Bonchev–Trinajstić information content (AvgIpc) is 2.73. The van der Waals surface area contributed by atoms with Crippen LogP contribution in [0.1, 0.15) is 11.3 Å². The lowest BCUT2D eigenvalue weighted by Crippen LogP contribution is -1.96. The van der Waals surface area contributed by atoms with Crippen LogP contribution in [0.25, 0.3) is 0 Å². The first kappa shape index (κ1) is 11.7. The Balaban J connectivity index is 2.07. The second kappa shape index (κ2) is 5.02. The first-order valence-electron chi connectivity index (χ1n) is 4.75. The zero-order chi connectivity index (χ0) is 12.3. The van der Waals surface area contributed by atoms with Crippen molar-refractivity contribution >= 4 is 15.9 Å². The predicted molar refractivity (Wildman–Crippen MR) is 61.9 cm³/mol. The summed E-state index contributed by atoms with van der Waals surface area (Å²) in [5.74, 6) is 0.117. The van der Waals surface area contributed by atoms with E-state index in [1.54, 1.807) is 12.1 Å². The molecule has 0 aliphatic rings. The molecular formula is C12H7BrFNO2. The molecule has 0 unspecified atom stereocenters. The fourth-order valence-electron chi connectivity index (χ4n) is 1.27. The summed E-state index contributed by atoms with van der Waals surface area (Å²) in [6.45, 7) is 0.133. The van der Waals surface area contributed by atoms with Gasteiger partial charge in [-0.25, -0.2) is 4.39 Å². The molecular weight excluding hydrogens is 289 g/mol. The summed E-state index contributed by atoms with van der Waals surface area (Å²) in [5, 5.41) is 8.59. The molecule has 5 heteroatoms. The second-order valence-corrected chi connectivity index (χ2v) is 4.03. The zero-order valence-corrected chi connectivity index (χ0v) is 10.2. The maximum atomic E-state index is 13.4. The Kier molecular flexibility index (Phi) is 3.45. The number of hydrogen-bond acceptors (Lipinski definition) is 3. The fraction of sp³-hybridized carbons (Fsp3) is 0.0833. The molecule has 1 aromatic carbocycles. The molecule has 0 aliphatic carbocycles. The van der Waals surface area contributed by atoms with Gasteiger partial charge in [0.25, 0.3) is 0 Å². The number of rotatable bonds is 3. The van der Waals surface area contributed by atoms with E-state index in [1.165, 1.54) is 12.1 Å². The number of furan rings is 1. The SMILES string of the molecule is N#Cc1ccc(OCc2ccc(Br)o2)c(F)c1. The molecule has 0 fully saturated rings. The first-order chi connectivity index (χ1) is 8.19. The highest BCUT2D eigenvalue weighted by atomic mass is 79.9. The van der Waals surface area contributed by atoms with Crippen LogP contribution in [0, 0.1) is 17.1 Å². The van der Waals surface area contributed by atoms with Gasteiger partial charge in [0.15, 0.2) is 16.2 Å². The smallest absolute Gasteiger partial charge is 0.169 e. The standard InChI is InChI=1S/C12H7BrFNO2/c13-12-4-2-9(17-12)7-16-11-3-1-8(6-15)5-10(11)14/h1-5H,7H2. The summed E-state index contributed by atoms with van der Waals surface area (Å²) in [6.07, 6.45) is 0. The molecule has 0 amide bonds.